The Hall–Kier alpha value is -1.18. The second-order valence-electron chi connectivity index (χ2n) is 9.24. The molecular weight excluding hydrogens is 386 g/mol. The van der Waals surface area contributed by atoms with E-state index < -0.39 is 23.0 Å². The number of aliphatic hydroxyl groups excluding tert-OH is 2. The molecule has 0 saturated heterocycles. The molecule has 0 rings (SSSR count). The van der Waals surface area contributed by atoms with Gasteiger partial charge in [-0.2, -0.15) is 0 Å². The van der Waals surface area contributed by atoms with Crippen LogP contribution < -0.4 is 0 Å². The molecule has 0 fully saturated rings. The van der Waals surface area contributed by atoms with E-state index >= 15 is 0 Å². The molecule has 4 N–H and O–H groups in total. The summed E-state index contributed by atoms with van der Waals surface area (Å²) in [5.41, 5.74) is -2.92. The Balaban J connectivity index is 5.10. The van der Waals surface area contributed by atoms with Gasteiger partial charge in [-0.25, -0.2) is 9.59 Å². The molecule has 0 spiro atoms. The van der Waals surface area contributed by atoms with Gasteiger partial charge in [0.15, 0.2) is 0 Å². The van der Waals surface area contributed by atoms with Gasteiger partial charge < -0.3 is 24.9 Å². The Morgan fingerprint density at radius 2 is 1.07 bits per heavy atom. The second-order valence-corrected chi connectivity index (χ2v) is 9.24. The summed E-state index contributed by atoms with van der Waals surface area (Å²) in [7, 11) is 3.20. The summed E-state index contributed by atoms with van der Waals surface area (Å²) in [6.45, 7) is 3.06. The van der Waals surface area contributed by atoms with E-state index in [-0.39, 0.29) is 30.5 Å². The topological polar surface area (TPSA) is 115 Å². The standard InChI is InChI=1S/C23H45NO6/c1-5-6-7-8-9-10-11-12-13-14-15-23(16-18-25,17-19-26)24(3,4)22(2,20(27)28)21(29)30/h25-26H,5-19H2,1-4H3,(H-,27,28,29,30)/p+1. The summed E-state index contributed by atoms with van der Waals surface area (Å²) in [5, 5.41) is 38.9. The summed E-state index contributed by atoms with van der Waals surface area (Å²) >= 11 is 0. The Kier molecular flexibility index (Phi) is 13.4. The lowest BCUT2D eigenvalue weighted by molar-refractivity contribution is -0.971. The van der Waals surface area contributed by atoms with Gasteiger partial charge in [-0.15, -0.1) is 0 Å². The third-order valence-corrected chi connectivity index (χ3v) is 7.29. The zero-order valence-corrected chi connectivity index (χ0v) is 19.7. The third-order valence-electron chi connectivity index (χ3n) is 7.29. The number of aliphatic carboxylic acids is 2. The number of hydrogen-bond donors (Lipinski definition) is 4. The first kappa shape index (κ1) is 28.8. The van der Waals surface area contributed by atoms with E-state index in [2.05, 4.69) is 6.92 Å². The summed E-state index contributed by atoms with van der Waals surface area (Å²) in [5.74, 6) is -2.83. The van der Waals surface area contributed by atoms with Crippen LogP contribution in [0.5, 0.6) is 0 Å². The number of nitrogens with zero attached hydrogens (tertiary/aromatic N) is 1. The van der Waals surface area contributed by atoms with Crippen molar-refractivity contribution in [2.45, 2.75) is 108 Å². The average Bonchev–Trinajstić information content (AvgIpc) is 2.68. The van der Waals surface area contributed by atoms with Crippen LogP contribution in [0.2, 0.25) is 0 Å². The number of carbonyl (C=O) groups is 2. The van der Waals surface area contributed by atoms with Crippen LogP contribution in [0.15, 0.2) is 0 Å². The van der Waals surface area contributed by atoms with Crippen molar-refractivity contribution >= 4 is 11.9 Å². The molecule has 0 radical (unpaired) electrons. The summed E-state index contributed by atoms with van der Waals surface area (Å²) in [6, 6.07) is 0. The number of unbranched alkanes of at least 4 members (excludes halogenated alkanes) is 9. The fraction of sp³-hybridized carbons (Fsp3) is 0.913. The van der Waals surface area contributed by atoms with Crippen LogP contribution in [0.25, 0.3) is 0 Å². The molecule has 0 unspecified atom stereocenters. The highest BCUT2D eigenvalue weighted by molar-refractivity contribution is 6.01. The van der Waals surface area contributed by atoms with Gasteiger partial charge in [0.2, 0.25) is 0 Å². The zero-order valence-electron chi connectivity index (χ0n) is 19.7. The Bertz CT molecular complexity index is 486. The Labute approximate surface area is 182 Å². The van der Waals surface area contributed by atoms with E-state index in [4.69, 9.17) is 0 Å². The molecule has 178 valence electrons. The maximum Gasteiger partial charge on any atom is 0.377 e. The molecule has 0 aliphatic carbocycles. The summed E-state index contributed by atoms with van der Waals surface area (Å²) < 4.78 is -0.330. The monoisotopic (exact) mass is 432 g/mol. The Morgan fingerprint density at radius 3 is 1.40 bits per heavy atom. The lowest BCUT2D eigenvalue weighted by Crippen LogP contribution is -2.75. The lowest BCUT2D eigenvalue weighted by atomic mass is 9.77. The SMILES string of the molecule is CCCCCCCCCCCCC(CCO)(CCO)[N+](C)(C)C(C)(C(=O)O)C(=O)O. The summed E-state index contributed by atoms with van der Waals surface area (Å²) in [6.07, 6.45) is 12.7. The largest absolute Gasteiger partial charge is 0.476 e. The maximum absolute atomic E-state index is 12.0. The molecular formula is C23H46NO6+. The lowest BCUT2D eigenvalue weighted by Gasteiger charge is -2.54. The first-order chi connectivity index (χ1) is 14.1. The van der Waals surface area contributed by atoms with Crippen molar-refractivity contribution in [3.8, 4) is 0 Å². The normalized spacial score (nSPS) is 12.9. The number of rotatable bonds is 19. The summed E-state index contributed by atoms with van der Waals surface area (Å²) in [4.78, 5) is 24.0. The van der Waals surface area contributed by atoms with E-state index in [9.17, 15) is 30.0 Å². The minimum absolute atomic E-state index is 0.186. The van der Waals surface area contributed by atoms with Crippen LogP contribution in [0.4, 0.5) is 0 Å². The molecule has 0 amide bonds. The first-order valence-electron chi connectivity index (χ1n) is 11.6. The van der Waals surface area contributed by atoms with Crippen molar-refractivity contribution in [2.24, 2.45) is 0 Å². The van der Waals surface area contributed by atoms with Gasteiger partial charge in [-0.05, 0) is 6.42 Å². The molecule has 0 bridgehead atoms. The molecule has 0 atom stereocenters. The van der Waals surface area contributed by atoms with Gasteiger partial charge >= 0.3 is 11.9 Å². The number of quaternary nitrogens is 1. The first-order valence-corrected chi connectivity index (χ1v) is 11.6. The van der Waals surface area contributed by atoms with Gasteiger partial charge in [-0.3, -0.25) is 0 Å². The van der Waals surface area contributed by atoms with Gasteiger partial charge in [0, 0.05) is 39.4 Å². The second kappa shape index (κ2) is 14.0. The molecule has 0 aliphatic heterocycles. The predicted molar refractivity (Wildman–Crippen MR) is 118 cm³/mol. The van der Waals surface area contributed by atoms with Gasteiger partial charge in [0.1, 0.15) is 5.54 Å². The smallest absolute Gasteiger partial charge is 0.377 e. The molecule has 0 saturated carbocycles. The van der Waals surface area contributed by atoms with Crippen LogP contribution in [-0.4, -0.2) is 75.2 Å². The van der Waals surface area contributed by atoms with Crippen LogP contribution in [0.1, 0.15) is 97.3 Å². The number of aliphatic hydroxyl groups is 2. The molecule has 0 aromatic heterocycles. The van der Waals surface area contributed by atoms with E-state index in [1.165, 1.54) is 51.9 Å². The highest BCUT2D eigenvalue weighted by Crippen LogP contribution is 2.41. The maximum atomic E-state index is 12.0. The van der Waals surface area contributed by atoms with Crippen molar-refractivity contribution in [1.29, 1.82) is 0 Å². The number of hydrogen-bond acceptors (Lipinski definition) is 4. The van der Waals surface area contributed by atoms with E-state index in [1.54, 1.807) is 14.1 Å². The highest BCUT2D eigenvalue weighted by atomic mass is 16.4. The van der Waals surface area contributed by atoms with Crippen molar-refractivity contribution in [1.82, 2.24) is 0 Å². The van der Waals surface area contributed by atoms with Gasteiger partial charge in [0.25, 0.3) is 5.54 Å². The number of carboxylic acids is 2. The minimum Gasteiger partial charge on any atom is -0.476 e. The van der Waals surface area contributed by atoms with Crippen LogP contribution in [-0.2, 0) is 9.59 Å². The third kappa shape index (κ3) is 7.20. The molecule has 7 nitrogen and oxygen atoms in total. The van der Waals surface area contributed by atoms with E-state index in [0.717, 1.165) is 19.3 Å². The fourth-order valence-corrected chi connectivity index (χ4v) is 4.62. The molecule has 0 aromatic carbocycles. The number of carboxylic acid groups (broad SMARTS) is 2. The van der Waals surface area contributed by atoms with E-state index in [1.807, 2.05) is 0 Å². The zero-order chi connectivity index (χ0) is 23.3. The van der Waals surface area contributed by atoms with E-state index in [0.29, 0.717) is 6.42 Å². The van der Waals surface area contributed by atoms with Crippen LogP contribution in [0, 0.1) is 0 Å². The Morgan fingerprint density at radius 1 is 0.700 bits per heavy atom. The van der Waals surface area contributed by atoms with Crippen LogP contribution >= 0.6 is 0 Å². The highest BCUT2D eigenvalue weighted by Gasteiger charge is 2.63. The van der Waals surface area contributed by atoms with Crippen molar-refractivity contribution in [2.75, 3.05) is 27.3 Å². The molecule has 7 heteroatoms. The fourth-order valence-electron chi connectivity index (χ4n) is 4.62. The van der Waals surface area contributed by atoms with Gasteiger partial charge in [0.05, 0.1) is 14.1 Å². The van der Waals surface area contributed by atoms with Crippen molar-refractivity contribution in [3.63, 3.8) is 0 Å². The molecule has 0 aromatic rings. The number of likely N-dealkylation sites (N-methyl/N-ethyl adjacent to an activating group) is 1. The average molecular weight is 433 g/mol. The van der Waals surface area contributed by atoms with Crippen molar-refractivity contribution in [3.05, 3.63) is 0 Å². The predicted octanol–water partition coefficient (Wildman–Crippen LogP) is 3.81. The minimum atomic E-state index is -2.08. The quantitative estimate of drug-likeness (QED) is 0.140. The molecule has 0 heterocycles. The van der Waals surface area contributed by atoms with Crippen LogP contribution in [0.3, 0.4) is 0 Å². The van der Waals surface area contributed by atoms with Crippen molar-refractivity contribution < 1.29 is 34.5 Å². The molecule has 30 heavy (non-hydrogen) atoms. The molecule has 0 aliphatic rings. The van der Waals surface area contributed by atoms with Gasteiger partial charge in [-0.1, -0.05) is 64.7 Å².